The van der Waals surface area contributed by atoms with Gasteiger partial charge < -0.3 is 5.32 Å². The minimum atomic E-state index is -1.56. The highest BCUT2D eigenvalue weighted by molar-refractivity contribution is 6.09. The zero-order valence-corrected chi connectivity index (χ0v) is 12.8. The van der Waals surface area contributed by atoms with Crippen LogP contribution in [0.1, 0.15) is 12.0 Å². The normalized spacial score (nSPS) is 11.6. The van der Waals surface area contributed by atoms with Gasteiger partial charge in [0.05, 0.1) is 18.0 Å². The first kappa shape index (κ1) is 17.3. The summed E-state index contributed by atoms with van der Waals surface area (Å²) in [6.45, 7) is 0. The van der Waals surface area contributed by atoms with Gasteiger partial charge >= 0.3 is 0 Å². The molecule has 8 heteroatoms. The van der Waals surface area contributed by atoms with E-state index in [0.29, 0.717) is 12.5 Å². The average molecular weight is 332 g/mol. The lowest BCUT2D eigenvalue weighted by Crippen LogP contribution is -2.29. The van der Waals surface area contributed by atoms with Gasteiger partial charge in [-0.15, -0.1) is 0 Å². The molecule has 1 aromatic carbocycles. The number of halogens is 2. The van der Waals surface area contributed by atoms with E-state index in [2.05, 4.69) is 10.4 Å². The zero-order chi connectivity index (χ0) is 17.7. The van der Waals surface area contributed by atoms with Gasteiger partial charge in [0, 0.05) is 25.7 Å². The lowest BCUT2D eigenvalue weighted by Gasteiger charge is -2.10. The summed E-state index contributed by atoms with van der Waals surface area (Å²) >= 11 is 0. The summed E-state index contributed by atoms with van der Waals surface area (Å²) in [6, 6.07) is 4.20. The van der Waals surface area contributed by atoms with E-state index in [0.717, 1.165) is 17.7 Å². The molecule has 1 N–H and O–H groups in total. The molecule has 1 amide bonds. The first-order valence-corrected chi connectivity index (χ1v) is 7.06. The molecule has 0 bridgehead atoms. The number of carbonyl (C=O) groups excluding carboxylic acids is 2. The van der Waals surface area contributed by atoms with Crippen LogP contribution < -0.4 is 5.32 Å². The Bertz CT molecular complexity index is 811. The molecule has 0 aliphatic heterocycles. The number of carbonyl (C=O) groups is 2. The molecule has 0 saturated carbocycles. The Balaban J connectivity index is 2.00. The lowest BCUT2D eigenvalue weighted by atomic mass is 9.99. The van der Waals surface area contributed by atoms with Crippen LogP contribution in [-0.4, -0.2) is 21.5 Å². The van der Waals surface area contributed by atoms with Crippen LogP contribution in [0.15, 0.2) is 30.6 Å². The Kier molecular flexibility index (Phi) is 5.37. The fourth-order valence-corrected chi connectivity index (χ4v) is 2.09. The number of aromatic nitrogens is 2. The van der Waals surface area contributed by atoms with E-state index in [4.69, 9.17) is 5.26 Å². The maximum atomic E-state index is 13.5. The number of hydrogen-bond donors (Lipinski definition) is 1. The number of anilines is 1. The van der Waals surface area contributed by atoms with Crippen molar-refractivity contribution in [2.45, 2.75) is 12.8 Å². The van der Waals surface area contributed by atoms with Gasteiger partial charge in [0.15, 0.2) is 11.7 Å². The molecule has 1 aromatic heterocycles. The zero-order valence-electron chi connectivity index (χ0n) is 12.8. The van der Waals surface area contributed by atoms with Crippen LogP contribution >= 0.6 is 0 Å². The van der Waals surface area contributed by atoms with E-state index in [1.165, 1.54) is 0 Å². The van der Waals surface area contributed by atoms with Gasteiger partial charge in [-0.25, -0.2) is 8.78 Å². The van der Waals surface area contributed by atoms with Crippen molar-refractivity contribution < 1.29 is 18.4 Å². The van der Waals surface area contributed by atoms with Crippen molar-refractivity contribution in [2.24, 2.45) is 13.0 Å². The third-order valence-electron chi connectivity index (χ3n) is 3.32. The van der Waals surface area contributed by atoms with Gasteiger partial charge in [-0.1, -0.05) is 0 Å². The molecular formula is C16H14F2N4O2. The van der Waals surface area contributed by atoms with Crippen LogP contribution in [0.2, 0.25) is 0 Å². The summed E-state index contributed by atoms with van der Waals surface area (Å²) in [4.78, 5) is 24.1. The molecule has 124 valence electrons. The number of benzene rings is 1. The monoisotopic (exact) mass is 332 g/mol. The summed E-state index contributed by atoms with van der Waals surface area (Å²) in [6.07, 6.45) is 3.62. The van der Waals surface area contributed by atoms with Gasteiger partial charge in [-0.2, -0.15) is 10.4 Å². The molecule has 0 fully saturated rings. The van der Waals surface area contributed by atoms with Crippen LogP contribution in [-0.2, 0) is 23.1 Å². The van der Waals surface area contributed by atoms with E-state index in [1.54, 1.807) is 30.2 Å². The standard InChI is InChI=1S/C16H14F2N4O2/c1-22-9-10(8-20-22)2-5-15(23)12(7-19)16(24)21-14-4-3-11(17)6-13(14)18/h3-4,6,8-9,12H,2,5H2,1H3,(H,21,24). The van der Waals surface area contributed by atoms with Crippen molar-refractivity contribution in [3.8, 4) is 6.07 Å². The summed E-state index contributed by atoms with van der Waals surface area (Å²) < 4.78 is 27.9. The summed E-state index contributed by atoms with van der Waals surface area (Å²) in [5.74, 6) is -4.87. The highest BCUT2D eigenvalue weighted by Gasteiger charge is 2.26. The predicted octanol–water partition coefficient (Wildman–Crippen LogP) is 1.98. The second kappa shape index (κ2) is 7.46. The van der Waals surface area contributed by atoms with Gasteiger partial charge in [0.25, 0.3) is 0 Å². The maximum absolute atomic E-state index is 13.5. The number of ketones is 1. The van der Waals surface area contributed by atoms with Crippen LogP contribution in [0, 0.1) is 28.9 Å². The Labute approximate surface area is 136 Å². The van der Waals surface area contributed by atoms with Crippen LogP contribution in [0.5, 0.6) is 0 Å². The molecule has 2 aromatic rings. The van der Waals surface area contributed by atoms with E-state index >= 15 is 0 Å². The minimum Gasteiger partial charge on any atom is -0.322 e. The number of nitriles is 1. The topological polar surface area (TPSA) is 87.8 Å². The number of Topliss-reactive ketones (excluding diaryl/α,β-unsaturated/α-hetero) is 1. The molecule has 0 aliphatic rings. The number of rotatable bonds is 6. The second-order valence-electron chi connectivity index (χ2n) is 5.16. The Hall–Kier alpha value is -3.08. The third-order valence-corrected chi connectivity index (χ3v) is 3.32. The van der Waals surface area contributed by atoms with Gasteiger partial charge in [0.2, 0.25) is 5.91 Å². The van der Waals surface area contributed by atoms with Crippen LogP contribution in [0.4, 0.5) is 14.5 Å². The van der Waals surface area contributed by atoms with Crippen molar-refractivity contribution in [3.63, 3.8) is 0 Å². The van der Waals surface area contributed by atoms with Crippen molar-refractivity contribution >= 4 is 17.4 Å². The summed E-state index contributed by atoms with van der Waals surface area (Å²) in [5.41, 5.74) is 0.509. The largest absolute Gasteiger partial charge is 0.322 e. The Morgan fingerprint density at radius 2 is 2.17 bits per heavy atom. The number of nitrogens with zero attached hydrogens (tertiary/aromatic N) is 3. The fourth-order valence-electron chi connectivity index (χ4n) is 2.09. The van der Waals surface area contributed by atoms with Gasteiger partial charge in [-0.3, -0.25) is 14.3 Å². The quantitative estimate of drug-likeness (QED) is 0.819. The highest BCUT2D eigenvalue weighted by Crippen LogP contribution is 2.17. The Morgan fingerprint density at radius 3 is 2.75 bits per heavy atom. The first-order chi connectivity index (χ1) is 11.4. The minimum absolute atomic E-state index is 0.0246. The molecular weight excluding hydrogens is 318 g/mol. The van der Waals surface area contributed by atoms with E-state index in [-0.39, 0.29) is 12.1 Å². The van der Waals surface area contributed by atoms with E-state index in [1.807, 2.05) is 0 Å². The molecule has 0 aliphatic carbocycles. The molecule has 24 heavy (non-hydrogen) atoms. The SMILES string of the molecule is Cn1cc(CCC(=O)C(C#N)C(=O)Nc2ccc(F)cc2F)cn1. The average Bonchev–Trinajstić information content (AvgIpc) is 2.94. The molecule has 6 nitrogen and oxygen atoms in total. The number of hydrogen-bond acceptors (Lipinski definition) is 4. The van der Waals surface area contributed by atoms with E-state index in [9.17, 15) is 18.4 Å². The van der Waals surface area contributed by atoms with Crippen molar-refractivity contribution in [1.29, 1.82) is 5.26 Å². The third kappa shape index (κ3) is 4.23. The molecule has 0 saturated heterocycles. The van der Waals surface area contributed by atoms with Crippen molar-refractivity contribution in [3.05, 3.63) is 47.8 Å². The van der Waals surface area contributed by atoms with Crippen molar-refractivity contribution in [1.82, 2.24) is 9.78 Å². The maximum Gasteiger partial charge on any atom is 0.249 e. The molecule has 0 spiro atoms. The highest BCUT2D eigenvalue weighted by atomic mass is 19.1. The number of aryl methyl sites for hydroxylation is 2. The van der Waals surface area contributed by atoms with Crippen molar-refractivity contribution in [2.75, 3.05) is 5.32 Å². The first-order valence-electron chi connectivity index (χ1n) is 7.06. The van der Waals surface area contributed by atoms with Gasteiger partial charge in [0.1, 0.15) is 11.6 Å². The fraction of sp³-hybridized carbons (Fsp3) is 0.250. The second-order valence-corrected chi connectivity index (χ2v) is 5.16. The Morgan fingerprint density at radius 1 is 1.42 bits per heavy atom. The number of nitrogens with one attached hydrogen (secondary N) is 1. The van der Waals surface area contributed by atoms with E-state index < -0.39 is 29.2 Å². The molecule has 1 heterocycles. The van der Waals surface area contributed by atoms with Crippen LogP contribution in [0.3, 0.4) is 0 Å². The predicted molar refractivity (Wildman–Crippen MR) is 80.6 cm³/mol. The molecule has 0 radical (unpaired) electrons. The molecule has 2 rings (SSSR count). The van der Waals surface area contributed by atoms with Crippen LogP contribution in [0.25, 0.3) is 0 Å². The summed E-state index contributed by atoms with van der Waals surface area (Å²) in [5, 5.41) is 15.1. The molecule has 1 unspecified atom stereocenters. The summed E-state index contributed by atoms with van der Waals surface area (Å²) in [7, 11) is 1.73. The lowest BCUT2D eigenvalue weighted by molar-refractivity contribution is -0.128. The smallest absolute Gasteiger partial charge is 0.249 e. The van der Waals surface area contributed by atoms with Gasteiger partial charge in [-0.05, 0) is 24.1 Å². The molecule has 1 atom stereocenters. The number of amides is 1.